The molecule has 0 aliphatic carbocycles. The van der Waals surface area contributed by atoms with Gasteiger partial charge in [0, 0.05) is 44.8 Å². The molecule has 6 nitrogen and oxygen atoms in total. The second-order valence-electron chi connectivity index (χ2n) is 7.76. The van der Waals surface area contributed by atoms with Crippen LogP contribution in [0, 0.1) is 0 Å². The highest BCUT2D eigenvalue weighted by Gasteiger charge is 2.26. The molecular formula is C24H27N3O3S. The lowest BCUT2D eigenvalue weighted by Crippen LogP contribution is -2.49. The number of amides is 1. The van der Waals surface area contributed by atoms with Crippen molar-refractivity contribution < 1.29 is 13.2 Å². The summed E-state index contributed by atoms with van der Waals surface area (Å²) in [6.07, 6.45) is 0. The monoisotopic (exact) mass is 437 g/mol. The Morgan fingerprint density at radius 3 is 2.29 bits per heavy atom. The van der Waals surface area contributed by atoms with Gasteiger partial charge < -0.3 is 5.32 Å². The number of carbonyl (C=O) groups is 1. The Morgan fingerprint density at radius 1 is 0.839 bits per heavy atom. The smallest absolute Gasteiger partial charge is 0.251 e. The number of nitrogens with one attached hydrogen (secondary N) is 1. The lowest BCUT2D eigenvalue weighted by Gasteiger charge is -2.34. The van der Waals surface area contributed by atoms with E-state index in [0.29, 0.717) is 31.7 Å². The molecule has 1 heterocycles. The van der Waals surface area contributed by atoms with Gasteiger partial charge in [-0.1, -0.05) is 66.7 Å². The van der Waals surface area contributed by atoms with E-state index in [4.69, 9.17) is 0 Å². The highest BCUT2D eigenvalue weighted by atomic mass is 32.2. The van der Waals surface area contributed by atoms with Crippen LogP contribution in [0.15, 0.2) is 72.8 Å². The number of benzene rings is 3. The van der Waals surface area contributed by atoms with Crippen LogP contribution in [0.25, 0.3) is 10.8 Å². The van der Waals surface area contributed by atoms with Crippen LogP contribution >= 0.6 is 0 Å². The maximum absolute atomic E-state index is 12.7. The molecule has 1 N–H and O–H groups in total. The van der Waals surface area contributed by atoms with Crippen molar-refractivity contribution in [2.75, 3.05) is 38.5 Å². The first-order chi connectivity index (χ1) is 15.0. The van der Waals surface area contributed by atoms with E-state index in [-0.39, 0.29) is 18.2 Å². The maximum atomic E-state index is 12.7. The molecule has 1 aliphatic rings. The Hall–Kier alpha value is -2.74. The van der Waals surface area contributed by atoms with Crippen molar-refractivity contribution >= 4 is 26.7 Å². The van der Waals surface area contributed by atoms with Crippen LogP contribution in [0.2, 0.25) is 0 Å². The number of hydrogen-bond donors (Lipinski definition) is 1. The second kappa shape index (κ2) is 9.60. The van der Waals surface area contributed by atoms with Crippen molar-refractivity contribution in [1.29, 1.82) is 0 Å². The van der Waals surface area contributed by atoms with E-state index in [9.17, 15) is 13.2 Å². The van der Waals surface area contributed by atoms with E-state index in [1.54, 1.807) is 10.4 Å². The Balaban J connectivity index is 1.28. The molecular weight excluding hydrogens is 410 g/mol. The fraction of sp³-hybridized carbons (Fsp3) is 0.292. The van der Waals surface area contributed by atoms with Crippen LogP contribution in [0.4, 0.5) is 0 Å². The fourth-order valence-corrected chi connectivity index (χ4v) is 5.29. The lowest BCUT2D eigenvalue weighted by molar-refractivity contribution is 0.0957. The van der Waals surface area contributed by atoms with Crippen molar-refractivity contribution in [3.05, 3.63) is 83.9 Å². The molecule has 7 heteroatoms. The van der Waals surface area contributed by atoms with Gasteiger partial charge in [-0.3, -0.25) is 9.69 Å². The summed E-state index contributed by atoms with van der Waals surface area (Å²) in [6, 6.07) is 23.4. The summed E-state index contributed by atoms with van der Waals surface area (Å²) < 4.78 is 27.0. The Kier molecular flexibility index (Phi) is 6.65. The molecule has 0 saturated carbocycles. The van der Waals surface area contributed by atoms with Crippen molar-refractivity contribution in [3.8, 4) is 0 Å². The highest BCUT2D eigenvalue weighted by molar-refractivity contribution is 7.89. The molecule has 0 unspecified atom stereocenters. The maximum Gasteiger partial charge on any atom is 0.251 e. The minimum absolute atomic E-state index is 0.0919. The standard InChI is InChI=1S/C24H27N3O3S/c28-24(23-12-6-10-21-9-4-5-11-22(21)23)25-13-18-31(29,30)27-16-14-26(15-17-27)19-20-7-2-1-3-8-20/h1-12H,13-19H2,(H,25,28). The van der Waals surface area contributed by atoms with Crippen LogP contribution < -0.4 is 5.32 Å². The van der Waals surface area contributed by atoms with Gasteiger partial charge in [-0.15, -0.1) is 0 Å². The van der Waals surface area contributed by atoms with Gasteiger partial charge in [0.2, 0.25) is 10.0 Å². The normalized spacial score (nSPS) is 15.7. The van der Waals surface area contributed by atoms with Gasteiger partial charge in [-0.25, -0.2) is 8.42 Å². The van der Waals surface area contributed by atoms with Gasteiger partial charge in [0.15, 0.2) is 0 Å². The molecule has 0 atom stereocenters. The van der Waals surface area contributed by atoms with Gasteiger partial charge >= 0.3 is 0 Å². The number of fused-ring (bicyclic) bond motifs is 1. The fourth-order valence-electron chi connectivity index (χ4n) is 3.95. The summed E-state index contributed by atoms with van der Waals surface area (Å²) in [6.45, 7) is 3.29. The molecule has 1 aliphatic heterocycles. The minimum atomic E-state index is -3.41. The lowest BCUT2D eigenvalue weighted by atomic mass is 10.0. The largest absolute Gasteiger partial charge is 0.351 e. The Bertz CT molecular complexity index is 1140. The van der Waals surface area contributed by atoms with E-state index in [1.807, 2.05) is 54.6 Å². The number of nitrogens with zero attached hydrogens (tertiary/aromatic N) is 2. The number of piperazine rings is 1. The second-order valence-corrected chi connectivity index (χ2v) is 9.85. The molecule has 3 aromatic rings. The highest BCUT2D eigenvalue weighted by Crippen LogP contribution is 2.18. The summed E-state index contributed by atoms with van der Waals surface area (Å²) >= 11 is 0. The SMILES string of the molecule is O=C(NCCS(=O)(=O)N1CCN(Cc2ccccc2)CC1)c1cccc2ccccc12. The van der Waals surface area contributed by atoms with Gasteiger partial charge in [0.1, 0.15) is 0 Å². The summed E-state index contributed by atoms with van der Waals surface area (Å²) in [5, 5.41) is 4.62. The van der Waals surface area contributed by atoms with Crippen LogP contribution in [0.5, 0.6) is 0 Å². The van der Waals surface area contributed by atoms with E-state index in [2.05, 4.69) is 22.3 Å². The summed E-state index contributed by atoms with van der Waals surface area (Å²) in [5.74, 6) is -0.345. The van der Waals surface area contributed by atoms with E-state index < -0.39 is 10.0 Å². The van der Waals surface area contributed by atoms with Crippen LogP contribution in [0.3, 0.4) is 0 Å². The van der Waals surface area contributed by atoms with Gasteiger partial charge in [0.25, 0.3) is 5.91 Å². The van der Waals surface area contributed by atoms with Crippen LogP contribution in [-0.4, -0.2) is 62.0 Å². The number of carbonyl (C=O) groups excluding carboxylic acids is 1. The zero-order valence-electron chi connectivity index (χ0n) is 17.4. The number of hydrogen-bond acceptors (Lipinski definition) is 4. The number of sulfonamides is 1. The van der Waals surface area contributed by atoms with E-state index >= 15 is 0 Å². The minimum Gasteiger partial charge on any atom is -0.351 e. The molecule has 1 saturated heterocycles. The molecule has 162 valence electrons. The van der Waals surface area contributed by atoms with Gasteiger partial charge in [0.05, 0.1) is 5.75 Å². The average Bonchev–Trinajstić information content (AvgIpc) is 2.79. The molecule has 1 amide bonds. The molecule has 0 radical (unpaired) electrons. The van der Waals surface area contributed by atoms with Gasteiger partial charge in [-0.05, 0) is 22.4 Å². The molecule has 0 aromatic heterocycles. The predicted octanol–water partition coefficient (Wildman–Crippen LogP) is 2.72. The predicted molar refractivity (Wildman–Crippen MR) is 123 cm³/mol. The number of rotatable bonds is 7. The van der Waals surface area contributed by atoms with Crippen LogP contribution in [0.1, 0.15) is 15.9 Å². The first-order valence-electron chi connectivity index (χ1n) is 10.5. The van der Waals surface area contributed by atoms with Crippen molar-refractivity contribution in [2.24, 2.45) is 0 Å². The van der Waals surface area contributed by atoms with Crippen molar-refractivity contribution in [3.63, 3.8) is 0 Å². The van der Waals surface area contributed by atoms with E-state index in [1.165, 1.54) is 5.56 Å². The topological polar surface area (TPSA) is 69.7 Å². The summed E-state index contributed by atoms with van der Waals surface area (Å²) in [5.41, 5.74) is 1.79. The van der Waals surface area contributed by atoms with Crippen LogP contribution in [-0.2, 0) is 16.6 Å². The first-order valence-corrected chi connectivity index (χ1v) is 12.1. The molecule has 1 fully saturated rings. The molecule has 4 rings (SSSR count). The summed E-state index contributed by atoms with van der Waals surface area (Å²) in [7, 11) is -3.41. The third kappa shape index (κ3) is 5.31. The first kappa shape index (κ1) is 21.5. The zero-order valence-corrected chi connectivity index (χ0v) is 18.2. The van der Waals surface area contributed by atoms with Crippen molar-refractivity contribution in [1.82, 2.24) is 14.5 Å². The average molecular weight is 438 g/mol. The quantitative estimate of drug-likeness (QED) is 0.617. The van der Waals surface area contributed by atoms with Crippen molar-refractivity contribution in [2.45, 2.75) is 6.54 Å². The Morgan fingerprint density at radius 2 is 1.52 bits per heavy atom. The van der Waals surface area contributed by atoms with Gasteiger partial charge in [-0.2, -0.15) is 4.31 Å². The van der Waals surface area contributed by atoms with E-state index in [0.717, 1.165) is 17.3 Å². The zero-order chi connectivity index (χ0) is 21.7. The summed E-state index contributed by atoms with van der Waals surface area (Å²) in [4.78, 5) is 14.9. The third-order valence-corrected chi connectivity index (χ3v) is 7.53. The third-order valence-electron chi connectivity index (χ3n) is 5.65. The molecule has 0 bridgehead atoms. The molecule has 0 spiro atoms. The molecule has 31 heavy (non-hydrogen) atoms. The molecule has 3 aromatic carbocycles. The Labute approximate surface area is 183 Å².